The van der Waals surface area contributed by atoms with Gasteiger partial charge in [0.05, 0.1) is 5.92 Å². The first kappa shape index (κ1) is 21.9. The molecule has 2 aliphatic rings. The van der Waals surface area contributed by atoms with E-state index in [-0.39, 0.29) is 24.1 Å². The maximum atomic E-state index is 13.8. The van der Waals surface area contributed by atoms with E-state index in [1.165, 1.54) is 0 Å². The third-order valence-electron chi connectivity index (χ3n) is 6.61. The Bertz CT molecular complexity index is 1200. The molecule has 0 aliphatic carbocycles. The molecule has 3 aromatic carbocycles. The Morgan fingerprint density at radius 2 is 1.56 bits per heavy atom. The fraction of sp³-hybridized carbons (Fsp3) is 0.250. The van der Waals surface area contributed by atoms with Crippen LogP contribution in [0.1, 0.15) is 30.0 Å². The highest BCUT2D eigenvalue weighted by atomic mass is 16.2. The number of para-hydroxylation sites is 2. The van der Waals surface area contributed by atoms with E-state index in [2.05, 4.69) is 5.32 Å². The first-order chi connectivity index (χ1) is 16.6. The number of carbonyl (C=O) groups is 3. The molecule has 0 aromatic heterocycles. The summed E-state index contributed by atoms with van der Waals surface area (Å²) in [6.45, 7) is 0.912. The topological polar surface area (TPSA) is 69.7 Å². The molecule has 6 heteroatoms. The highest BCUT2D eigenvalue weighted by Gasteiger charge is 2.38. The third kappa shape index (κ3) is 4.31. The molecule has 1 fully saturated rings. The third-order valence-corrected chi connectivity index (χ3v) is 6.61. The van der Waals surface area contributed by atoms with Gasteiger partial charge in [-0.3, -0.25) is 14.4 Å². The molecule has 1 saturated heterocycles. The van der Waals surface area contributed by atoms with Crippen LogP contribution in [-0.2, 0) is 20.8 Å². The number of hydrogen-bond donors (Lipinski definition) is 1. The van der Waals surface area contributed by atoms with Crippen LogP contribution < -0.4 is 15.1 Å². The summed E-state index contributed by atoms with van der Waals surface area (Å²) in [6, 6.07) is 25.8. The number of benzene rings is 3. The lowest BCUT2D eigenvalue weighted by atomic mass is 9.98. The standard InChI is InChI=1S/C28H27N3O3/c32-25-18-22(19-31(25)23-14-5-2-6-15-23)27(33)29-26(21-11-3-1-4-12-21)28(34)30-17-9-13-20-10-7-8-16-24(20)30/h1-8,10-12,14-16,22,26H,9,13,17-19H2,(H,29,33)/t22-,26+/m0/s1. The van der Waals surface area contributed by atoms with Crippen LogP contribution in [0.3, 0.4) is 0 Å². The zero-order chi connectivity index (χ0) is 23.5. The van der Waals surface area contributed by atoms with E-state index in [1.807, 2.05) is 84.9 Å². The van der Waals surface area contributed by atoms with Gasteiger partial charge >= 0.3 is 0 Å². The van der Waals surface area contributed by atoms with Crippen LogP contribution in [-0.4, -0.2) is 30.8 Å². The highest BCUT2D eigenvalue weighted by molar-refractivity contribution is 6.03. The number of rotatable bonds is 5. The van der Waals surface area contributed by atoms with Crippen LogP contribution in [0.4, 0.5) is 11.4 Å². The molecule has 3 aromatic rings. The van der Waals surface area contributed by atoms with Gasteiger partial charge in [-0.2, -0.15) is 0 Å². The lowest BCUT2D eigenvalue weighted by molar-refractivity contribution is -0.130. The normalized spacial score (nSPS) is 18.4. The van der Waals surface area contributed by atoms with E-state index in [0.29, 0.717) is 13.1 Å². The fourth-order valence-electron chi connectivity index (χ4n) is 4.85. The number of carbonyl (C=O) groups excluding carboxylic acids is 3. The molecule has 34 heavy (non-hydrogen) atoms. The molecule has 0 saturated carbocycles. The monoisotopic (exact) mass is 453 g/mol. The second-order valence-corrected chi connectivity index (χ2v) is 8.82. The molecular formula is C28H27N3O3. The van der Waals surface area contributed by atoms with Crippen LogP contribution in [0, 0.1) is 5.92 Å². The summed E-state index contributed by atoms with van der Waals surface area (Å²) >= 11 is 0. The molecule has 0 radical (unpaired) electrons. The number of aryl methyl sites for hydroxylation is 1. The van der Waals surface area contributed by atoms with E-state index in [9.17, 15) is 14.4 Å². The molecule has 2 atom stereocenters. The Morgan fingerprint density at radius 3 is 2.32 bits per heavy atom. The van der Waals surface area contributed by atoms with E-state index in [4.69, 9.17) is 0 Å². The van der Waals surface area contributed by atoms with Crippen LogP contribution in [0.2, 0.25) is 0 Å². The molecule has 2 aliphatic heterocycles. The Hall–Kier alpha value is -3.93. The van der Waals surface area contributed by atoms with Crippen LogP contribution in [0.25, 0.3) is 0 Å². The van der Waals surface area contributed by atoms with Gasteiger partial charge in [0.2, 0.25) is 11.8 Å². The first-order valence-electron chi connectivity index (χ1n) is 11.7. The van der Waals surface area contributed by atoms with Crippen molar-refractivity contribution in [3.05, 3.63) is 96.1 Å². The summed E-state index contributed by atoms with van der Waals surface area (Å²) < 4.78 is 0. The van der Waals surface area contributed by atoms with E-state index < -0.39 is 12.0 Å². The van der Waals surface area contributed by atoms with Crippen molar-refractivity contribution in [2.45, 2.75) is 25.3 Å². The predicted molar refractivity (Wildman–Crippen MR) is 131 cm³/mol. The van der Waals surface area contributed by atoms with Crippen LogP contribution in [0.15, 0.2) is 84.9 Å². The average molecular weight is 454 g/mol. The summed E-state index contributed by atoms with van der Waals surface area (Å²) in [6.07, 6.45) is 1.94. The number of nitrogens with zero attached hydrogens (tertiary/aromatic N) is 2. The number of fused-ring (bicyclic) bond motifs is 1. The van der Waals surface area contributed by atoms with Crippen molar-refractivity contribution in [2.75, 3.05) is 22.9 Å². The molecule has 2 heterocycles. The van der Waals surface area contributed by atoms with Crippen molar-refractivity contribution in [1.82, 2.24) is 5.32 Å². The molecule has 5 rings (SSSR count). The zero-order valence-electron chi connectivity index (χ0n) is 18.9. The highest BCUT2D eigenvalue weighted by Crippen LogP contribution is 2.30. The summed E-state index contributed by atoms with van der Waals surface area (Å²) in [7, 11) is 0. The number of anilines is 2. The first-order valence-corrected chi connectivity index (χ1v) is 11.7. The second kappa shape index (κ2) is 9.51. The zero-order valence-corrected chi connectivity index (χ0v) is 18.9. The fourth-order valence-corrected chi connectivity index (χ4v) is 4.85. The summed E-state index contributed by atoms with van der Waals surface area (Å²) in [5.74, 6) is -1.03. The van der Waals surface area contributed by atoms with Gasteiger partial charge in [-0.25, -0.2) is 0 Å². The van der Waals surface area contributed by atoms with Crippen molar-refractivity contribution in [2.24, 2.45) is 5.92 Å². The summed E-state index contributed by atoms with van der Waals surface area (Å²) in [5, 5.41) is 2.99. The molecule has 0 unspecified atom stereocenters. The van der Waals surface area contributed by atoms with Gasteiger partial charge in [-0.1, -0.05) is 66.7 Å². The SMILES string of the molecule is O=C(N[C@@H](C(=O)N1CCCc2ccccc21)c1ccccc1)[C@H]1CC(=O)N(c2ccccc2)C1. The van der Waals surface area contributed by atoms with Gasteiger partial charge in [-0.15, -0.1) is 0 Å². The summed E-state index contributed by atoms with van der Waals surface area (Å²) in [4.78, 5) is 43.2. The summed E-state index contributed by atoms with van der Waals surface area (Å²) in [5.41, 5.74) is 3.55. The lowest BCUT2D eigenvalue weighted by Crippen LogP contribution is -2.46. The van der Waals surface area contributed by atoms with E-state index >= 15 is 0 Å². The minimum atomic E-state index is -0.819. The molecule has 0 spiro atoms. The van der Waals surface area contributed by atoms with Gasteiger partial charge in [-0.05, 0) is 42.2 Å². The van der Waals surface area contributed by atoms with Gasteiger partial charge in [0.1, 0.15) is 6.04 Å². The van der Waals surface area contributed by atoms with Gasteiger partial charge in [0.15, 0.2) is 0 Å². The average Bonchev–Trinajstić information content (AvgIpc) is 3.29. The molecule has 0 bridgehead atoms. The Labute approximate surface area is 199 Å². The Kier molecular flexibility index (Phi) is 6.12. The maximum absolute atomic E-state index is 13.8. The molecule has 1 N–H and O–H groups in total. The number of nitrogens with one attached hydrogen (secondary N) is 1. The van der Waals surface area contributed by atoms with Gasteiger partial charge in [0, 0.05) is 30.9 Å². The van der Waals surface area contributed by atoms with E-state index in [0.717, 1.165) is 35.3 Å². The van der Waals surface area contributed by atoms with Crippen molar-refractivity contribution >= 4 is 29.1 Å². The smallest absolute Gasteiger partial charge is 0.254 e. The lowest BCUT2D eigenvalue weighted by Gasteiger charge is -2.33. The predicted octanol–water partition coefficient (Wildman–Crippen LogP) is 3.88. The van der Waals surface area contributed by atoms with Crippen molar-refractivity contribution in [1.29, 1.82) is 0 Å². The molecule has 6 nitrogen and oxygen atoms in total. The Morgan fingerprint density at radius 1 is 0.882 bits per heavy atom. The molecule has 172 valence electrons. The largest absolute Gasteiger partial charge is 0.340 e. The van der Waals surface area contributed by atoms with Gasteiger partial charge in [0.25, 0.3) is 5.91 Å². The van der Waals surface area contributed by atoms with Crippen molar-refractivity contribution in [3.63, 3.8) is 0 Å². The van der Waals surface area contributed by atoms with E-state index in [1.54, 1.807) is 9.80 Å². The Balaban J connectivity index is 1.38. The van der Waals surface area contributed by atoms with Crippen molar-refractivity contribution < 1.29 is 14.4 Å². The van der Waals surface area contributed by atoms with Crippen LogP contribution in [0.5, 0.6) is 0 Å². The minimum Gasteiger partial charge on any atom is -0.340 e. The molecule has 3 amide bonds. The number of amides is 3. The minimum absolute atomic E-state index is 0.0844. The van der Waals surface area contributed by atoms with Gasteiger partial charge < -0.3 is 15.1 Å². The quantitative estimate of drug-likeness (QED) is 0.638. The number of hydrogen-bond acceptors (Lipinski definition) is 3. The van der Waals surface area contributed by atoms with Crippen LogP contribution >= 0.6 is 0 Å². The molecular weight excluding hydrogens is 426 g/mol. The second-order valence-electron chi connectivity index (χ2n) is 8.82. The van der Waals surface area contributed by atoms with Crippen molar-refractivity contribution in [3.8, 4) is 0 Å². The maximum Gasteiger partial charge on any atom is 0.254 e.